The summed E-state index contributed by atoms with van der Waals surface area (Å²) in [5.41, 5.74) is 0.277. The highest BCUT2D eigenvalue weighted by atomic mass is 19.4. The smallest absolute Gasteiger partial charge is 0.420 e. The van der Waals surface area contributed by atoms with Crippen LogP contribution in [-0.4, -0.2) is 13.2 Å². The molecule has 0 amide bonds. The van der Waals surface area contributed by atoms with Gasteiger partial charge in [0.15, 0.2) is 0 Å². The van der Waals surface area contributed by atoms with Gasteiger partial charge in [0.25, 0.3) is 0 Å². The van der Waals surface area contributed by atoms with E-state index in [1.165, 1.54) is 13.0 Å². The van der Waals surface area contributed by atoms with Gasteiger partial charge in [-0.3, -0.25) is 0 Å². The van der Waals surface area contributed by atoms with Crippen molar-refractivity contribution < 1.29 is 22.6 Å². The van der Waals surface area contributed by atoms with Crippen LogP contribution in [0.4, 0.5) is 13.2 Å². The Balaban J connectivity index is 2.21. The molecule has 0 radical (unpaired) electrons. The maximum absolute atomic E-state index is 13.5. The van der Waals surface area contributed by atoms with E-state index in [1.807, 2.05) is 6.08 Å². The number of ether oxygens (including phenoxy) is 2. The number of halogens is 3. The summed E-state index contributed by atoms with van der Waals surface area (Å²) in [6.45, 7) is 6.01. The Hall–Kier alpha value is -1.65. The standard InChI is InChI=1S/C20H27F3O2/c1-4-6-7-8-16-10-9-15(13-25-16)17-11-12-18(24-5-2)19(14(17)3)20(21,22)23/h10-12,15H,4-9,13H2,1-3H3. The highest BCUT2D eigenvalue weighted by molar-refractivity contribution is 5.48. The van der Waals surface area contributed by atoms with Crippen LogP contribution in [0.5, 0.6) is 5.75 Å². The fraction of sp³-hybridized carbons (Fsp3) is 0.600. The van der Waals surface area contributed by atoms with Crippen LogP contribution < -0.4 is 4.74 Å². The van der Waals surface area contributed by atoms with Crippen molar-refractivity contribution in [3.05, 3.63) is 40.7 Å². The molecule has 140 valence electrons. The van der Waals surface area contributed by atoms with E-state index in [0.717, 1.165) is 31.4 Å². The Morgan fingerprint density at radius 3 is 2.52 bits per heavy atom. The molecule has 5 heteroatoms. The van der Waals surface area contributed by atoms with E-state index in [4.69, 9.17) is 9.47 Å². The molecular formula is C20H27F3O2. The number of rotatable bonds is 7. The minimum Gasteiger partial charge on any atom is -0.498 e. The van der Waals surface area contributed by atoms with E-state index in [0.29, 0.717) is 18.6 Å². The highest BCUT2D eigenvalue weighted by Gasteiger charge is 2.38. The zero-order valence-electron chi connectivity index (χ0n) is 15.2. The fourth-order valence-electron chi connectivity index (χ4n) is 3.32. The van der Waals surface area contributed by atoms with Crippen molar-refractivity contribution in [2.24, 2.45) is 0 Å². The first kappa shape index (κ1) is 19.7. The predicted octanol–water partition coefficient (Wildman–Crippen LogP) is 6.38. The van der Waals surface area contributed by atoms with E-state index in [-0.39, 0.29) is 23.8 Å². The lowest BCUT2D eigenvalue weighted by Gasteiger charge is -2.27. The topological polar surface area (TPSA) is 18.5 Å². The third-order valence-electron chi connectivity index (χ3n) is 4.62. The summed E-state index contributed by atoms with van der Waals surface area (Å²) in [6, 6.07) is 3.19. The van der Waals surface area contributed by atoms with Gasteiger partial charge < -0.3 is 9.47 Å². The Bertz CT molecular complexity index is 606. The van der Waals surface area contributed by atoms with Crippen molar-refractivity contribution in [2.75, 3.05) is 13.2 Å². The SMILES string of the molecule is CCCCCC1=CCC(c2ccc(OCC)c(C(F)(F)F)c2C)CO1. The molecule has 0 fully saturated rings. The van der Waals surface area contributed by atoms with E-state index < -0.39 is 11.7 Å². The average molecular weight is 356 g/mol. The predicted molar refractivity (Wildman–Crippen MR) is 92.9 cm³/mol. The van der Waals surface area contributed by atoms with Crippen molar-refractivity contribution in [1.29, 1.82) is 0 Å². The van der Waals surface area contributed by atoms with Gasteiger partial charge in [-0.25, -0.2) is 0 Å². The highest BCUT2D eigenvalue weighted by Crippen LogP contribution is 2.42. The second-order valence-electron chi connectivity index (χ2n) is 6.45. The molecule has 2 nitrogen and oxygen atoms in total. The maximum Gasteiger partial charge on any atom is 0.420 e. The molecule has 1 unspecified atom stereocenters. The summed E-state index contributed by atoms with van der Waals surface area (Å²) in [4.78, 5) is 0. The lowest BCUT2D eigenvalue weighted by molar-refractivity contribution is -0.139. The van der Waals surface area contributed by atoms with Gasteiger partial charge in [0, 0.05) is 12.3 Å². The molecule has 2 rings (SSSR count). The minimum absolute atomic E-state index is 0.0494. The van der Waals surface area contributed by atoms with Gasteiger partial charge in [-0.05, 0) is 50.0 Å². The largest absolute Gasteiger partial charge is 0.498 e. The molecule has 0 aromatic heterocycles. The maximum atomic E-state index is 13.5. The fourth-order valence-corrected chi connectivity index (χ4v) is 3.32. The molecule has 0 N–H and O–H groups in total. The zero-order valence-corrected chi connectivity index (χ0v) is 15.2. The van der Waals surface area contributed by atoms with Gasteiger partial charge in [0.1, 0.15) is 11.3 Å². The summed E-state index contributed by atoms with van der Waals surface area (Å²) in [5, 5.41) is 0. The van der Waals surface area contributed by atoms with Crippen molar-refractivity contribution >= 4 is 0 Å². The third kappa shape index (κ3) is 4.93. The van der Waals surface area contributed by atoms with Crippen LogP contribution in [0.15, 0.2) is 24.0 Å². The van der Waals surface area contributed by atoms with Gasteiger partial charge in [-0.1, -0.05) is 25.8 Å². The molecule has 1 aromatic rings. The normalized spacial score (nSPS) is 17.8. The lowest BCUT2D eigenvalue weighted by atomic mass is 9.88. The van der Waals surface area contributed by atoms with Crippen LogP contribution in [0.2, 0.25) is 0 Å². The molecule has 1 atom stereocenters. The summed E-state index contributed by atoms with van der Waals surface area (Å²) < 4.78 is 51.5. The number of alkyl halides is 3. The van der Waals surface area contributed by atoms with E-state index in [2.05, 4.69) is 6.92 Å². The second kappa shape index (κ2) is 8.63. The Kier molecular flexibility index (Phi) is 6.79. The first-order valence-electron chi connectivity index (χ1n) is 9.03. The van der Waals surface area contributed by atoms with E-state index >= 15 is 0 Å². The third-order valence-corrected chi connectivity index (χ3v) is 4.62. The molecule has 0 bridgehead atoms. The van der Waals surface area contributed by atoms with Crippen molar-refractivity contribution in [3.63, 3.8) is 0 Å². The molecule has 0 saturated heterocycles. The Morgan fingerprint density at radius 1 is 1.20 bits per heavy atom. The lowest BCUT2D eigenvalue weighted by Crippen LogP contribution is -2.17. The molecular weight excluding hydrogens is 329 g/mol. The molecule has 1 aliphatic rings. The van der Waals surface area contributed by atoms with Crippen molar-refractivity contribution in [3.8, 4) is 5.75 Å². The monoisotopic (exact) mass is 356 g/mol. The summed E-state index contributed by atoms with van der Waals surface area (Å²) >= 11 is 0. The number of benzene rings is 1. The number of unbranched alkanes of at least 4 members (excludes halogenated alkanes) is 2. The van der Waals surface area contributed by atoms with Crippen LogP contribution in [0.3, 0.4) is 0 Å². The molecule has 1 aliphatic heterocycles. The molecule has 1 aromatic carbocycles. The van der Waals surface area contributed by atoms with Crippen molar-refractivity contribution in [1.82, 2.24) is 0 Å². The van der Waals surface area contributed by atoms with Gasteiger partial charge in [-0.15, -0.1) is 0 Å². The number of hydrogen-bond acceptors (Lipinski definition) is 2. The van der Waals surface area contributed by atoms with E-state index in [1.54, 1.807) is 13.0 Å². The molecule has 0 spiro atoms. The van der Waals surface area contributed by atoms with Gasteiger partial charge >= 0.3 is 6.18 Å². The molecule has 0 aliphatic carbocycles. The second-order valence-corrected chi connectivity index (χ2v) is 6.45. The summed E-state index contributed by atoms with van der Waals surface area (Å²) in [6.07, 6.45) is 2.64. The van der Waals surface area contributed by atoms with Gasteiger partial charge in [-0.2, -0.15) is 13.2 Å². The van der Waals surface area contributed by atoms with Gasteiger partial charge in [0.05, 0.1) is 19.0 Å². The Labute approximate surface area is 148 Å². The number of allylic oxidation sites excluding steroid dienone is 2. The Morgan fingerprint density at radius 2 is 1.96 bits per heavy atom. The number of hydrogen-bond donors (Lipinski definition) is 0. The van der Waals surface area contributed by atoms with Crippen molar-refractivity contribution in [2.45, 2.75) is 65.0 Å². The van der Waals surface area contributed by atoms with Crippen LogP contribution in [0, 0.1) is 6.92 Å². The van der Waals surface area contributed by atoms with Crippen LogP contribution in [-0.2, 0) is 10.9 Å². The summed E-state index contributed by atoms with van der Waals surface area (Å²) in [7, 11) is 0. The summed E-state index contributed by atoms with van der Waals surface area (Å²) in [5.74, 6) is 0.833. The molecule has 0 saturated carbocycles. The first-order chi connectivity index (χ1) is 11.9. The first-order valence-corrected chi connectivity index (χ1v) is 9.03. The van der Waals surface area contributed by atoms with Crippen LogP contribution in [0.25, 0.3) is 0 Å². The molecule has 1 heterocycles. The van der Waals surface area contributed by atoms with E-state index in [9.17, 15) is 13.2 Å². The van der Waals surface area contributed by atoms with Crippen LogP contribution >= 0.6 is 0 Å². The molecule has 25 heavy (non-hydrogen) atoms. The zero-order chi connectivity index (χ0) is 18.4. The van der Waals surface area contributed by atoms with Gasteiger partial charge in [0.2, 0.25) is 0 Å². The quantitative estimate of drug-likeness (QED) is 0.528. The van der Waals surface area contributed by atoms with Crippen LogP contribution in [0.1, 0.15) is 68.6 Å². The minimum atomic E-state index is -4.43. The average Bonchev–Trinajstić information content (AvgIpc) is 2.55.